The fourth-order valence-corrected chi connectivity index (χ4v) is 2.48. The number of aromatic nitrogens is 2. The third kappa shape index (κ3) is 4.32. The monoisotopic (exact) mass is 287 g/mol. The van der Waals surface area contributed by atoms with Gasteiger partial charge in [-0.1, -0.05) is 32.9 Å². The van der Waals surface area contributed by atoms with Gasteiger partial charge in [-0.05, 0) is 41.9 Å². The Labute approximate surface area is 125 Å². The first-order chi connectivity index (χ1) is 9.69. The Balaban J connectivity index is 1.98. The zero-order valence-corrected chi connectivity index (χ0v) is 13.1. The lowest BCUT2D eigenvalue weighted by atomic mass is 10.0. The van der Waals surface area contributed by atoms with Gasteiger partial charge in [0.15, 0.2) is 5.16 Å². The molecule has 0 unspecified atom stereocenters. The highest BCUT2D eigenvalue weighted by Gasteiger charge is 2.03. The minimum atomic E-state index is 0.565. The van der Waals surface area contributed by atoms with Crippen LogP contribution in [0.5, 0.6) is 0 Å². The molecule has 0 bridgehead atoms. The molecule has 1 N–H and O–H groups in total. The quantitative estimate of drug-likeness (QED) is 0.819. The topological polar surface area (TPSA) is 37.8 Å². The van der Waals surface area contributed by atoms with Crippen molar-refractivity contribution < 1.29 is 0 Å². The summed E-state index contributed by atoms with van der Waals surface area (Å²) in [6, 6.07) is 8.62. The Morgan fingerprint density at radius 2 is 1.75 bits per heavy atom. The van der Waals surface area contributed by atoms with Crippen molar-refractivity contribution in [3.63, 3.8) is 0 Å². The second-order valence-corrected chi connectivity index (χ2v) is 6.02. The molecule has 1 aromatic carbocycles. The average Bonchev–Trinajstić information content (AvgIpc) is 2.47. The number of rotatable bonds is 6. The molecule has 3 nitrogen and oxygen atoms in total. The van der Waals surface area contributed by atoms with E-state index in [-0.39, 0.29) is 0 Å². The van der Waals surface area contributed by atoms with E-state index in [1.165, 1.54) is 10.5 Å². The van der Waals surface area contributed by atoms with Crippen LogP contribution < -0.4 is 5.32 Å². The van der Waals surface area contributed by atoms with Gasteiger partial charge in [0.2, 0.25) is 0 Å². The summed E-state index contributed by atoms with van der Waals surface area (Å²) < 4.78 is 0. The summed E-state index contributed by atoms with van der Waals surface area (Å²) in [5, 5.41) is 4.06. The summed E-state index contributed by atoms with van der Waals surface area (Å²) in [7, 11) is 0. The largest absolute Gasteiger partial charge is 0.313 e. The summed E-state index contributed by atoms with van der Waals surface area (Å²) in [4.78, 5) is 9.97. The van der Waals surface area contributed by atoms with Gasteiger partial charge in [-0.3, -0.25) is 0 Å². The van der Waals surface area contributed by atoms with E-state index >= 15 is 0 Å². The van der Waals surface area contributed by atoms with Gasteiger partial charge < -0.3 is 5.32 Å². The minimum absolute atomic E-state index is 0.565. The lowest BCUT2D eigenvalue weighted by molar-refractivity contribution is 0.716. The molecule has 0 spiro atoms. The van der Waals surface area contributed by atoms with Gasteiger partial charge in [0.1, 0.15) is 0 Å². The Kier molecular flexibility index (Phi) is 5.56. The fraction of sp³-hybridized carbons (Fsp3) is 0.375. The Hall–Kier alpha value is -1.39. The van der Waals surface area contributed by atoms with E-state index in [0.29, 0.717) is 5.92 Å². The van der Waals surface area contributed by atoms with Gasteiger partial charge in [-0.2, -0.15) is 0 Å². The van der Waals surface area contributed by atoms with Gasteiger partial charge in [-0.25, -0.2) is 9.97 Å². The second kappa shape index (κ2) is 7.41. The maximum atomic E-state index is 4.40. The van der Waals surface area contributed by atoms with Crippen molar-refractivity contribution >= 4 is 11.8 Å². The van der Waals surface area contributed by atoms with E-state index in [0.717, 1.165) is 23.8 Å². The van der Waals surface area contributed by atoms with Crippen LogP contribution in [-0.2, 0) is 6.54 Å². The minimum Gasteiger partial charge on any atom is -0.313 e. The molecule has 0 aliphatic heterocycles. The van der Waals surface area contributed by atoms with E-state index < -0.39 is 0 Å². The maximum Gasteiger partial charge on any atom is 0.192 e. The summed E-state index contributed by atoms with van der Waals surface area (Å²) >= 11 is 1.60. The van der Waals surface area contributed by atoms with E-state index in [2.05, 4.69) is 60.3 Å². The van der Waals surface area contributed by atoms with Gasteiger partial charge >= 0.3 is 0 Å². The molecule has 4 heteroatoms. The van der Waals surface area contributed by atoms with Crippen LogP contribution in [0.1, 0.15) is 37.8 Å². The SMILES string of the molecule is CCNCc1cnc(Sc2ccc(C(C)C)cc2)nc1. The smallest absolute Gasteiger partial charge is 0.192 e. The van der Waals surface area contributed by atoms with Gasteiger partial charge in [0, 0.05) is 29.4 Å². The molecule has 0 fully saturated rings. The molecule has 2 aromatic rings. The van der Waals surface area contributed by atoms with Crippen LogP contribution in [0.3, 0.4) is 0 Å². The Morgan fingerprint density at radius 3 is 2.30 bits per heavy atom. The summed E-state index contributed by atoms with van der Waals surface area (Å²) in [6.45, 7) is 8.28. The number of nitrogens with one attached hydrogen (secondary N) is 1. The molecule has 1 aromatic heterocycles. The van der Waals surface area contributed by atoms with Crippen LogP contribution in [0.15, 0.2) is 46.7 Å². The summed E-state index contributed by atoms with van der Waals surface area (Å²) in [6.07, 6.45) is 3.78. The number of nitrogens with zero attached hydrogens (tertiary/aromatic N) is 2. The Bertz CT molecular complexity index is 520. The molecular formula is C16H21N3S. The van der Waals surface area contributed by atoms with Crippen LogP contribution in [0, 0.1) is 0 Å². The van der Waals surface area contributed by atoms with E-state index in [4.69, 9.17) is 0 Å². The van der Waals surface area contributed by atoms with Crippen molar-refractivity contribution in [3.8, 4) is 0 Å². The van der Waals surface area contributed by atoms with Crippen LogP contribution in [0.4, 0.5) is 0 Å². The number of hydrogen-bond donors (Lipinski definition) is 1. The van der Waals surface area contributed by atoms with Gasteiger partial charge in [-0.15, -0.1) is 0 Å². The molecule has 0 radical (unpaired) electrons. The van der Waals surface area contributed by atoms with Gasteiger partial charge in [0.25, 0.3) is 0 Å². The Morgan fingerprint density at radius 1 is 1.10 bits per heavy atom. The molecule has 1 heterocycles. The molecule has 0 saturated carbocycles. The molecule has 0 saturated heterocycles. The average molecular weight is 287 g/mol. The zero-order valence-electron chi connectivity index (χ0n) is 12.3. The molecule has 0 amide bonds. The van der Waals surface area contributed by atoms with Gasteiger partial charge in [0.05, 0.1) is 0 Å². The van der Waals surface area contributed by atoms with E-state index in [9.17, 15) is 0 Å². The first-order valence-corrected chi connectivity index (χ1v) is 7.80. The summed E-state index contributed by atoms with van der Waals surface area (Å²) in [5.41, 5.74) is 2.47. The molecule has 0 aliphatic rings. The third-order valence-corrected chi connectivity index (χ3v) is 3.92. The first-order valence-electron chi connectivity index (χ1n) is 6.98. The summed E-state index contributed by atoms with van der Waals surface area (Å²) in [5.74, 6) is 0.565. The highest BCUT2D eigenvalue weighted by molar-refractivity contribution is 7.99. The fourth-order valence-electron chi connectivity index (χ4n) is 1.78. The molecule has 0 atom stereocenters. The van der Waals surface area contributed by atoms with Crippen molar-refractivity contribution in [2.45, 2.75) is 43.3 Å². The van der Waals surface area contributed by atoms with Crippen LogP contribution in [-0.4, -0.2) is 16.5 Å². The van der Waals surface area contributed by atoms with Crippen molar-refractivity contribution in [1.82, 2.24) is 15.3 Å². The second-order valence-electron chi connectivity index (χ2n) is 4.98. The predicted molar refractivity (Wildman–Crippen MR) is 84.1 cm³/mol. The molecule has 0 aliphatic carbocycles. The van der Waals surface area contributed by atoms with Crippen LogP contribution in [0.25, 0.3) is 0 Å². The lowest BCUT2D eigenvalue weighted by Crippen LogP contribution is -2.12. The van der Waals surface area contributed by atoms with Crippen molar-refractivity contribution in [3.05, 3.63) is 47.8 Å². The van der Waals surface area contributed by atoms with Crippen molar-refractivity contribution in [2.24, 2.45) is 0 Å². The van der Waals surface area contributed by atoms with Crippen molar-refractivity contribution in [2.75, 3.05) is 6.54 Å². The molecular weight excluding hydrogens is 266 g/mol. The van der Waals surface area contributed by atoms with E-state index in [1.807, 2.05) is 12.4 Å². The standard InChI is InChI=1S/C16H21N3S/c1-4-17-9-13-10-18-16(19-11-13)20-15-7-5-14(6-8-15)12(2)3/h5-8,10-12,17H,4,9H2,1-3H3. The lowest BCUT2D eigenvalue weighted by Gasteiger charge is -2.06. The highest BCUT2D eigenvalue weighted by Crippen LogP contribution is 2.26. The first kappa shape index (κ1) is 15.0. The third-order valence-electron chi connectivity index (χ3n) is 3.02. The maximum absolute atomic E-state index is 4.40. The number of hydrogen-bond acceptors (Lipinski definition) is 4. The van der Waals surface area contributed by atoms with E-state index in [1.54, 1.807) is 11.8 Å². The normalized spacial score (nSPS) is 11.0. The zero-order chi connectivity index (χ0) is 14.4. The van der Waals surface area contributed by atoms with Crippen LogP contribution >= 0.6 is 11.8 Å². The molecule has 20 heavy (non-hydrogen) atoms. The van der Waals surface area contributed by atoms with Crippen molar-refractivity contribution in [1.29, 1.82) is 0 Å². The molecule has 106 valence electrons. The number of benzene rings is 1. The predicted octanol–water partition coefficient (Wildman–Crippen LogP) is 3.86. The van der Waals surface area contributed by atoms with Crippen LogP contribution in [0.2, 0.25) is 0 Å². The molecule has 2 rings (SSSR count). The highest BCUT2D eigenvalue weighted by atomic mass is 32.2.